The summed E-state index contributed by atoms with van der Waals surface area (Å²) < 4.78 is 9.35. The van der Waals surface area contributed by atoms with Crippen LogP contribution in [0.5, 0.6) is 5.75 Å². The van der Waals surface area contributed by atoms with Crippen LogP contribution in [0.2, 0.25) is 0 Å². The molecule has 1 unspecified atom stereocenters. The van der Waals surface area contributed by atoms with Gasteiger partial charge >= 0.3 is 0 Å². The molecule has 1 heterocycles. The predicted octanol–water partition coefficient (Wildman–Crippen LogP) is 3.88. The number of ether oxygens (including phenoxy) is 1. The van der Waals surface area contributed by atoms with Crippen molar-refractivity contribution in [1.29, 1.82) is 0 Å². The van der Waals surface area contributed by atoms with Crippen molar-refractivity contribution in [2.45, 2.75) is 44.1 Å². The highest BCUT2D eigenvalue weighted by atomic mass is 32.2. The first kappa shape index (κ1) is 20.7. The number of nitrogens with one attached hydrogen (secondary N) is 2. The Hall–Kier alpha value is -1.53. The average molecular weight is 412 g/mol. The first-order valence-electron chi connectivity index (χ1n) is 10.8. The zero-order valence-electron chi connectivity index (χ0n) is 17.4. The lowest BCUT2D eigenvalue weighted by molar-refractivity contribution is 0.164. The molecule has 5 heteroatoms. The van der Waals surface area contributed by atoms with E-state index in [0.29, 0.717) is 19.2 Å². The Morgan fingerprint density at radius 3 is 2.76 bits per heavy atom. The Bertz CT molecular complexity index is 804. The van der Waals surface area contributed by atoms with Crippen molar-refractivity contribution in [3.63, 3.8) is 0 Å². The second kappa shape index (κ2) is 9.52. The molecule has 2 aliphatic rings. The highest BCUT2D eigenvalue weighted by Crippen LogP contribution is 2.53. The van der Waals surface area contributed by atoms with Gasteiger partial charge in [0.25, 0.3) is 0 Å². The van der Waals surface area contributed by atoms with Crippen molar-refractivity contribution in [3.05, 3.63) is 64.7 Å². The van der Waals surface area contributed by atoms with Gasteiger partial charge in [0, 0.05) is 30.3 Å². The molecule has 0 radical (unpaired) electrons. The molecule has 0 saturated heterocycles. The molecule has 29 heavy (non-hydrogen) atoms. The van der Waals surface area contributed by atoms with Crippen LogP contribution in [0.1, 0.15) is 47.6 Å². The van der Waals surface area contributed by atoms with E-state index in [1.165, 1.54) is 41.5 Å². The van der Waals surface area contributed by atoms with Gasteiger partial charge in [0.15, 0.2) is 0 Å². The lowest BCUT2D eigenvalue weighted by Gasteiger charge is -2.50. The van der Waals surface area contributed by atoms with Gasteiger partial charge in [0.2, 0.25) is 0 Å². The van der Waals surface area contributed by atoms with Crippen LogP contribution in [0.25, 0.3) is 0 Å². The molecule has 4 N–H and O–H groups in total. The first-order valence-corrected chi connectivity index (χ1v) is 11.8. The largest absolute Gasteiger partial charge is 0.492 e. The summed E-state index contributed by atoms with van der Waals surface area (Å²) in [6, 6.07) is 16.3. The molecule has 1 saturated carbocycles. The number of hydrogen-bond acceptors (Lipinski definition) is 5. The summed E-state index contributed by atoms with van der Waals surface area (Å²) in [5, 5.41) is 3.87. The topological polar surface area (TPSA) is 59.3 Å². The molecule has 1 aliphatic carbocycles. The second-order valence-corrected chi connectivity index (χ2v) is 9.24. The maximum absolute atomic E-state index is 6.05. The van der Waals surface area contributed by atoms with E-state index in [-0.39, 0.29) is 5.41 Å². The van der Waals surface area contributed by atoms with Gasteiger partial charge in [0.05, 0.1) is 0 Å². The average Bonchev–Trinajstić information content (AvgIpc) is 2.71. The van der Waals surface area contributed by atoms with E-state index in [4.69, 9.17) is 10.5 Å². The van der Waals surface area contributed by atoms with Crippen molar-refractivity contribution in [3.8, 4) is 5.75 Å². The van der Waals surface area contributed by atoms with E-state index in [9.17, 15) is 0 Å². The van der Waals surface area contributed by atoms with E-state index < -0.39 is 0 Å². The van der Waals surface area contributed by atoms with Crippen LogP contribution >= 0.6 is 11.9 Å². The van der Waals surface area contributed by atoms with Gasteiger partial charge < -0.3 is 15.8 Å². The maximum atomic E-state index is 6.05. The zero-order chi connectivity index (χ0) is 20.1. The van der Waals surface area contributed by atoms with E-state index in [1.54, 1.807) is 11.9 Å². The monoisotopic (exact) mass is 411 g/mol. The molecule has 4 rings (SSSR count). The molecule has 156 valence electrons. The summed E-state index contributed by atoms with van der Waals surface area (Å²) >= 11 is 1.66. The van der Waals surface area contributed by atoms with Crippen LogP contribution in [0.15, 0.2) is 42.5 Å². The molecule has 1 aliphatic heterocycles. The standard InChI is InChI=1S/C24H33N3OS/c1-18-3-6-20(7-4-18)24(10-2-11-24)23-22-17-21(8-5-19(22)9-13-26-23)28-15-14-27-29-16-12-25/h3-8,17,23,26-27H,2,9-16,25H2,1H3. The fourth-order valence-corrected chi connectivity index (χ4v) is 5.20. The Kier molecular flexibility index (Phi) is 6.81. The lowest BCUT2D eigenvalue weighted by atomic mass is 9.58. The van der Waals surface area contributed by atoms with Crippen LogP contribution in [-0.2, 0) is 11.8 Å². The molecule has 1 atom stereocenters. The van der Waals surface area contributed by atoms with Gasteiger partial charge in [-0.2, -0.15) is 0 Å². The van der Waals surface area contributed by atoms with Crippen LogP contribution in [0.4, 0.5) is 0 Å². The van der Waals surface area contributed by atoms with E-state index in [0.717, 1.165) is 31.0 Å². The molecule has 4 nitrogen and oxygen atoms in total. The van der Waals surface area contributed by atoms with Gasteiger partial charge in [0.1, 0.15) is 12.4 Å². The number of fused-ring (bicyclic) bond motifs is 1. The van der Waals surface area contributed by atoms with Crippen molar-refractivity contribution in [1.82, 2.24) is 10.0 Å². The summed E-state index contributed by atoms with van der Waals surface area (Å²) in [7, 11) is 0. The summed E-state index contributed by atoms with van der Waals surface area (Å²) in [4.78, 5) is 0. The van der Waals surface area contributed by atoms with Gasteiger partial charge in [-0.25, -0.2) is 0 Å². The van der Waals surface area contributed by atoms with Gasteiger partial charge in [-0.15, -0.1) is 0 Å². The maximum Gasteiger partial charge on any atom is 0.119 e. The third-order valence-electron chi connectivity index (χ3n) is 6.39. The van der Waals surface area contributed by atoms with Gasteiger partial charge in [-0.05, 0) is 61.6 Å². The number of nitrogens with two attached hydrogens (primary N) is 1. The summed E-state index contributed by atoms with van der Waals surface area (Å²) in [5.41, 5.74) is 11.4. The molecule has 1 fully saturated rings. The quantitative estimate of drug-likeness (QED) is 0.432. The highest BCUT2D eigenvalue weighted by Gasteiger charge is 2.47. The molecular weight excluding hydrogens is 378 g/mol. The van der Waals surface area contributed by atoms with E-state index in [1.807, 2.05) is 0 Å². The van der Waals surface area contributed by atoms with Gasteiger partial charge in [-0.3, -0.25) is 4.72 Å². The van der Waals surface area contributed by atoms with Crippen molar-refractivity contribution < 1.29 is 4.74 Å². The number of benzene rings is 2. The fraction of sp³-hybridized carbons (Fsp3) is 0.500. The molecule has 2 aromatic carbocycles. The Morgan fingerprint density at radius 2 is 2.03 bits per heavy atom. The van der Waals surface area contributed by atoms with Crippen LogP contribution in [0, 0.1) is 6.92 Å². The van der Waals surface area contributed by atoms with Gasteiger partial charge in [-0.1, -0.05) is 54.3 Å². The van der Waals surface area contributed by atoms with E-state index in [2.05, 4.69) is 59.4 Å². The normalized spacial score (nSPS) is 20.0. The fourth-order valence-electron chi connectivity index (χ4n) is 4.71. The third kappa shape index (κ3) is 4.48. The number of rotatable bonds is 9. The lowest BCUT2D eigenvalue weighted by Crippen LogP contribution is -2.49. The highest BCUT2D eigenvalue weighted by molar-refractivity contribution is 7.97. The van der Waals surface area contributed by atoms with Crippen molar-refractivity contribution >= 4 is 11.9 Å². The number of aryl methyl sites for hydroxylation is 1. The first-order chi connectivity index (χ1) is 14.2. The second-order valence-electron chi connectivity index (χ2n) is 8.25. The number of hydrogen-bond donors (Lipinski definition) is 3. The molecule has 0 aromatic heterocycles. The zero-order valence-corrected chi connectivity index (χ0v) is 18.2. The smallest absolute Gasteiger partial charge is 0.119 e. The minimum atomic E-state index is 0.210. The molecule has 0 bridgehead atoms. The summed E-state index contributed by atoms with van der Waals surface area (Å²) in [6.45, 7) is 5.39. The SMILES string of the molecule is Cc1ccc(C2(C3NCCc4ccc(OCCNSCCN)cc43)CCC2)cc1. The molecule has 0 amide bonds. The molecule has 2 aromatic rings. The summed E-state index contributed by atoms with van der Waals surface area (Å²) in [6.07, 6.45) is 4.90. The third-order valence-corrected chi connectivity index (χ3v) is 7.24. The minimum absolute atomic E-state index is 0.210. The Labute approximate surface area is 179 Å². The molecular formula is C24H33N3OS. The predicted molar refractivity (Wildman–Crippen MR) is 123 cm³/mol. The van der Waals surface area contributed by atoms with Crippen LogP contribution in [0.3, 0.4) is 0 Å². The molecule has 0 spiro atoms. The Balaban J connectivity index is 1.51. The van der Waals surface area contributed by atoms with Crippen LogP contribution in [-0.4, -0.2) is 32.0 Å². The van der Waals surface area contributed by atoms with Crippen LogP contribution < -0.4 is 20.5 Å². The van der Waals surface area contributed by atoms with E-state index >= 15 is 0 Å². The van der Waals surface area contributed by atoms with Crippen molar-refractivity contribution in [2.75, 3.05) is 32.0 Å². The summed E-state index contributed by atoms with van der Waals surface area (Å²) in [5.74, 6) is 1.90. The Morgan fingerprint density at radius 1 is 1.21 bits per heavy atom. The van der Waals surface area contributed by atoms with Crippen molar-refractivity contribution in [2.24, 2.45) is 5.73 Å². The minimum Gasteiger partial charge on any atom is -0.492 e.